The summed E-state index contributed by atoms with van der Waals surface area (Å²) in [6.07, 6.45) is -3.20. The molecule has 3 N–H and O–H groups in total. The molecule has 0 unspecified atom stereocenters. The number of sulfonamides is 1. The summed E-state index contributed by atoms with van der Waals surface area (Å²) in [4.78, 5) is 11.7. The second kappa shape index (κ2) is 6.27. The van der Waals surface area contributed by atoms with Crippen molar-refractivity contribution in [2.24, 2.45) is 5.14 Å². The molecule has 114 valence electrons. The van der Waals surface area contributed by atoms with Gasteiger partial charge in [0.1, 0.15) is 12.2 Å². The number of alkyl halides is 3. The first-order chi connectivity index (χ1) is 9.08. The van der Waals surface area contributed by atoms with Gasteiger partial charge in [0, 0.05) is 12.7 Å². The van der Waals surface area contributed by atoms with Gasteiger partial charge in [-0.2, -0.15) is 13.2 Å². The second-order valence-electron chi connectivity index (χ2n) is 4.11. The van der Waals surface area contributed by atoms with Crippen molar-refractivity contribution in [2.45, 2.75) is 19.1 Å². The zero-order valence-electron chi connectivity index (χ0n) is 10.4. The number of halogens is 3. The Morgan fingerprint density at radius 2 is 2.05 bits per heavy atom. The molecule has 0 aliphatic rings. The lowest BCUT2D eigenvalue weighted by molar-refractivity contribution is -0.140. The van der Waals surface area contributed by atoms with Gasteiger partial charge in [-0.05, 0) is 18.6 Å². The molecule has 1 amide bonds. The Balaban J connectivity index is 2.54. The third-order valence-electron chi connectivity index (χ3n) is 2.30. The minimum Gasteiger partial charge on any atom is -0.351 e. The van der Waals surface area contributed by atoms with Crippen LogP contribution in [-0.4, -0.2) is 37.4 Å². The molecule has 0 saturated heterocycles. The van der Waals surface area contributed by atoms with Gasteiger partial charge in [0.2, 0.25) is 10.0 Å². The minimum absolute atomic E-state index is 0.00641. The Morgan fingerprint density at radius 3 is 2.60 bits per heavy atom. The normalized spacial score (nSPS) is 12.4. The molecule has 1 heterocycles. The van der Waals surface area contributed by atoms with Crippen molar-refractivity contribution >= 4 is 15.9 Å². The monoisotopic (exact) mass is 313 g/mol. The highest BCUT2D eigenvalue weighted by atomic mass is 32.2. The van der Waals surface area contributed by atoms with Crippen LogP contribution >= 0.6 is 0 Å². The quantitative estimate of drug-likeness (QED) is 0.747. The van der Waals surface area contributed by atoms with Crippen molar-refractivity contribution in [3.8, 4) is 0 Å². The first kappa shape index (κ1) is 16.5. The van der Waals surface area contributed by atoms with Crippen LogP contribution in [0.2, 0.25) is 0 Å². The van der Waals surface area contributed by atoms with Crippen LogP contribution in [0.1, 0.15) is 16.9 Å². The summed E-state index contributed by atoms with van der Waals surface area (Å²) >= 11 is 0. The fourth-order valence-corrected chi connectivity index (χ4v) is 2.06. The van der Waals surface area contributed by atoms with Crippen molar-refractivity contribution in [1.29, 1.82) is 0 Å². The summed E-state index contributed by atoms with van der Waals surface area (Å²) in [5.41, 5.74) is -0.141. The van der Waals surface area contributed by atoms with Crippen LogP contribution < -0.4 is 10.5 Å². The number of carbonyl (C=O) groups is 1. The number of amides is 1. The standard InChI is InChI=1S/C10H14F3N3O3S/c11-10(12,13)7-16-5-1-3-8(16)9(17)15-4-2-6-20(14,18)19/h1,3,5H,2,4,6-7H2,(H,15,17)(H2,14,18,19). The maximum absolute atomic E-state index is 12.3. The van der Waals surface area contributed by atoms with Gasteiger partial charge in [-0.1, -0.05) is 0 Å². The average molecular weight is 313 g/mol. The molecule has 0 atom stereocenters. The number of carbonyl (C=O) groups excluding carboxylic acids is 1. The van der Waals surface area contributed by atoms with Crippen molar-refractivity contribution in [3.05, 3.63) is 24.0 Å². The van der Waals surface area contributed by atoms with E-state index in [1.54, 1.807) is 0 Å². The molecule has 0 radical (unpaired) electrons. The molecule has 0 spiro atoms. The molecule has 1 aromatic rings. The van der Waals surface area contributed by atoms with E-state index in [0.29, 0.717) is 0 Å². The molecule has 0 saturated carbocycles. The minimum atomic E-state index is -4.43. The summed E-state index contributed by atoms with van der Waals surface area (Å²) in [5, 5.41) is 7.11. The summed E-state index contributed by atoms with van der Waals surface area (Å²) in [7, 11) is -3.61. The van der Waals surface area contributed by atoms with Crippen LogP contribution in [0, 0.1) is 0 Å². The van der Waals surface area contributed by atoms with E-state index in [1.165, 1.54) is 12.1 Å². The van der Waals surface area contributed by atoms with Gasteiger partial charge in [0.25, 0.3) is 5.91 Å². The van der Waals surface area contributed by atoms with E-state index in [1.807, 2.05) is 0 Å². The number of rotatable bonds is 6. The summed E-state index contributed by atoms with van der Waals surface area (Å²) in [6, 6.07) is 2.58. The number of nitrogens with one attached hydrogen (secondary N) is 1. The smallest absolute Gasteiger partial charge is 0.351 e. The van der Waals surface area contributed by atoms with Crippen LogP contribution in [0.25, 0.3) is 0 Å². The number of hydrogen-bond acceptors (Lipinski definition) is 3. The largest absolute Gasteiger partial charge is 0.406 e. The summed E-state index contributed by atoms with van der Waals surface area (Å²) in [6.45, 7) is -1.26. The zero-order chi connectivity index (χ0) is 15.4. The van der Waals surface area contributed by atoms with Crippen LogP contribution in [0.5, 0.6) is 0 Å². The number of hydrogen-bond donors (Lipinski definition) is 2. The molecule has 0 aliphatic heterocycles. The topological polar surface area (TPSA) is 94.2 Å². The van der Waals surface area contributed by atoms with Crippen molar-refractivity contribution in [3.63, 3.8) is 0 Å². The zero-order valence-corrected chi connectivity index (χ0v) is 11.2. The fourth-order valence-electron chi connectivity index (χ4n) is 1.52. The highest BCUT2D eigenvalue weighted by Crippen LogP contribution is 2.18. The number of nitrogens with zero attached hydrogens (tertiary/aromatic N) is 1. The van der Waals surface area contributed by atoms with E-state index in [0.717, 1.165) is 10.8 Å². The summed E-state index contributed by atoms with van der Waals surface area (Å²) in [5.74, 6) is -1.01. The van der Waals surface area contributed by atoms with Gasteiger partial charge < -0.3 is 9.88 Å². The maximum atomic E-state index is 12.3. The average Bonchev–Trinajstić information content (AvgIpc) is 2.68. The van der Waals surface area contributed by atoms with E-state index < -0.39 is 28.7 Å². The molecule has 0 aliphatic carbocycles. The molecule has 0 bridgehead atoms. The Morgan fingerprint density at radius 1 is 1.40 bits per heavy atom. The number of aromatic nitrogens is 1. The molecule has 1 aromatic heterocycles. The molecular weight excluding hydrogens is 299 g/mol. The van der Waals surface area contributed by atoms with Gasteiger partial charge in [0.05, 0.1) is 5.75 Å². The Hall–Kier alpha value is -1.55. The van der Waals surface area contributed by atoms with E-state index in [4.69, 9.17) is 5.14 Å². The Labute approximate surface area is 113 Å². The lowest BCUT2D eigenvalue weighted by Gasteiger charge is -2.11. The van der Waals surface area contributed by atoms with E-state index in [9.17, 15) is 26.4 Å². The maximum Gasteiger partial charge on any atom is 0.406 e. The van der Waals surface area contributed by atoms with E-state index in [2.05, 4.69) is 5.32 Å². The predicted octanol–water partition coefficient (Wildman–Crippen LogP) is 0.459. The van der Waals surface area contributed by atoms with E-state index in [-0.39, 0.29) is 24.4 Å². The lowest BCUT2D eigenvalue weighted by atomic mass is 10.3. The fraction of sp³-hybridized carbons (Fsp3) is 0.500. The second-order valence-corrected chi connectivity index (χ2v) is 5.85. The predicted molar refractivity (Wildman–Crippen MR) is 65.4 cm³/mol. The molecule has 0 fully saturated rings. The highest BCUT2D eigenvalue weighted by molar-refractivity contribution is 7.89. The first-order valence-electron chi connectivity index (χ1n) is 5.59. The van der Waals surface area contributed by atoms with E-state index >= 15 is 0 Å². The Bertz CT molecular complexity index is 566. The molecule has 1 rings (SSSR count). The van der Waals surface area contributed by atoms with Crippen LogP contribution in [-0.2, 0) is 16.6 Å². The number of primary sulfonamides is 1. The molecule has 0 aromatic carbocycles. The van der Waals surface area contributed by atoms with Crippen molar-refractivity contribution in [1.82, 2.24) is 9.88 Å². The van der Waals surface area contributed by atoms with Gasteiger partial charge in [0.15, 0.2) is 0 Å². The van der Waals surface area contributed by atoms with Gasteiger partial charge in [-0.15, -0.1) is 0 Å². The lowest BCUT2D eigenvalue weighted by Crippen LogP contribution is -2.30. The van der Waals surface area contributed by atoms with Gasteiger partial charge in [-0.25, -0.2) is 13.6 Å². The molecule has 6 nitrogen and oxygen atoms in total. The van der Waals surface area contributed by atoms with Gasteiger partial charge in [-0.3, -0.25) is 4.79 Å². The molecule has 10 heteroatoms. The van der Waals surface area contributed by atoms with Crippen LogP contribution in [0.4, 0.5) is 13.2 Å². The van der Waals surface area contributed by atoms with Crippen molar-refractivity contribution in [2.75, 3.05) is 12.3 Å². The van der Waals surface area contributed by atoms with Crippen LogP contribution in [0.3, 0.4) is 0 Å². The molecule has 20 heavy (non-hydrogen) atoms. The highest BCUT2D eigenvalue weighted by Gasteiger charge is 2.29. The number of nitrogens with two attached hydrogens (primary N) is 1. The first-order valence-corrected chi connectivity index (χ1v) is 7.30. The van der Waals surface area contributed by atoms with Crippen LogP contribution in [0.15, 0.2) is 18.3 Å². The molecular formula is C10H14F3N3O3S. The van der Waals surface area contributed by atoms with Gasteiger partial charge >= 0.3 is 6.18 Å². The summed E-state index contributed by atoms with van der Waals surface area (Å²) < 4.78 is 58.9. The third-order valence-corrected chi connectivity index (χ3v) is 3.16. The van der Waals surface area contributed by atoms with Crippen molar-refractivity contribution < 1.29 is 26.4 Å². The Kier molecular flexibility index (Phi) is 5.17. The third kappa shape index (κ3) is 6.06. The SMILES string of the molecule is NS(=O)(=O)CCCNC(=O)c1cccn1CC(F)(F)F.